The van der Waals surface area contributed by atoms with Crippen molar-refractivity contribution in [1.29, 1.82) is 0 Å². The van der Waals surface area contributed by atoms with Crippen LogP contribution in [-0.2, 0) is 0 Å². The van der Waals surface area contributed by atoms with Crippen molar-refractivity contribution in [1.82, 2.24) is 0 Å². The first kappa shape index (κ1) is 10.9. The molecule has 0 atom stereocenters. The number of rotatable bonds is 2. The van der Waals surface area contributed by atoms with E-state index in [9.17, 15) is 4.39 Å². The lowest BCUT2D eigenvalue weighted by atomic mass is 10.2. The minimum absolute atomic E-state index is 0.140. The Morgan fingerprint density at radius 1 is 1.33 bits per heavy atom. The molecule has 82 valence electrons. The van der Waals surface area contributed by atoms with E-state index in [0.717, 1.165) is 4.47 Å². The lowest BCUT2D eigenvalue weighted by Gasteiger charge is -2.26. The van der Waals surface area contributed by atoms with Crippen LogP contribution in [0.5, 0.6) is 0 Å². The third-order valence-electron chi connectivity index (χ3n) is 3.16. The van der Waals surface area contributed by atoms with Gasteiger partial charge in [0.05, 0.1) is 5.69 Å². The fourth-order valence-corrected chi connectivity index (χ4v) is 2.59. The average Bonchev–Trinajstić information content (AvgIpc) is 2.69. The number of hydrogen-bond acceptors (Lipinski definition) is 1. The van der Waals surface area contributed by atoms with Crippen LogP contribution in [0.4, 0.5) is 10.1 Å². The maximum Gasteiger partial charge on any atom is 0.147 e. The van der Waals surface area contributed by atoms with Crippen LogP contribution in [-0.4, -0.2) is 13.1 Å². The summed E-state index contributed by atoms with van der Waals surface area (Å²) in [6.45, 7) is 0. The van der Waals surface area contributed by atoms with E-state index in [4.69, 9.17) is 0 Å². The zero-order chi connectivity index (χ0) is 10.8. The van der Waals surface area contributed by atoms with Crippen molar-refractivity contribution in [3.05, 3.63) is 28.5 Å². The Hall–Kier alpha value is -0.570. The normalized spacial score (nSPS) is 17.0. The fourth-order valence-electron chi connectivity index (χ4n) is 2.26. The molecule has 1 fully saturated rings. The van der Waals surface area contributed by atoms with Gasteiger partial charge >= 0.3 is 0 Å². The molecule has 1 aromatic carbocycles. The maximum atomic E-state index is 13.7. The van der Waals surface area contributed by atoms with Crippen LogP contribution in [0.2, 0.25) is 0 Å². The first-order valence-corrected chi connectivity index (χ1v) is 6.15. The molecule has 2 rings (SSSR count). The molecule has 0 unspecified atom stereocenters. The minimum Gasteiger partial charge on any atom is -0.369 e. The highest BCUT2D eigenvalue weighted by molar-refractivity contribution is 9.10. The quantitative estimate of drug-likeness (QED) is 0.787. The molecular weight excluding hydrogens is 257 g/mol. The van der Waals surface area contributed by atoms with E-state index in [1.165, 1.54) is 31.7 Å². The van der Waals surface area contributed by atoms with Crippen molar-refractivity contribution < 1.29 is 4.39 Å². The SMILES string of the molecule is CN(c1ccc(Br)cc1F)C1CCCC1. The molecule has 0 spiro atoms. The van der Waals surface area contributed by atoms with E-state index in [-0.39, 0.29) is 5.82 Å². The van der Waals surface area contributed by atoms with E-state index in [1.54, 1.807) is 0 Å². The van der Waals surface area contributed by atoms with Crippen molar-refractivity contribution in [2.45, 2.75) is 31.7 Å². The van der Waals surface area contributed by atoms with Crippen molar-refractivity contribution in [3.8, 4) is 0 Å². The summed E-state index contributed by atoms with van der Waals surface area (Å²) < 4.78 is 14.5. The van der Waals surface area contributed by atoms with Gasteiger partial charge in [-0.15, -0.1) is 0 Å². The number of nitrogens with zero attached hydrogens (tertiary/aromatic N) is 1. The molecule has 0 saturated heterocycles. The molecule has 1 aliphatic rings. The zero-order valence-corrected chi connectivity index (χ0v) is 10.4. The average molecular weight is 272 g/mol. The van der Waals surface area contributed by atoms with Gasteiger partial charge in [0.2, 0.25) is 0 Å². The summed E-state index contributed by atoms with van der Waals surface area (Å²) in [5.74, 6) is -0.140. The van der Waals surface area contributed by atoms with Gasteiger partial charge < -0.3 is 4.90 Å². The molecule has 0 heterocycles. The minimum atomic E-state index is -0.140. The largest absolute Gasteiger partial charge is 0.369 e. The lowest BCUT2D eigenvalue weighted by molar-refractivity contribution is 0.595. The van der Waals surface area contributed by atoms with Crippen molar-refractivity contribution in [2.75, 3.05) is 11.9 Å². The van der Waals surface area contributed by atoms with Crippen LogP contribution in [0.1, 0.15) is 25.7 Å². The van der Waals surface area contributed by atoms with Gasteiger partial charge in [0, 0.05) is 17.6 Å². The summed E-state index contributed by atoms with van der Waals surface area (Å²) in [7, 11) is 1.99. The molecule has 0 bridgehead atoms. The lowest BCUT2D eigenvalue weighted by Crippen LogP contribution is -2.29. The topological polar surface area (TPSA) is 3.24 Å². The summed E-state index contributed by atoms with van der Waals surface area (Å²) >= 11 is 3.27. The number of anilines is 1. The summed E-state index contributed by atoms with van der Waals surface area (Å²) in [6, 6.07) is 5.78. The Kier molecular flexibility index (Phi) is 3.29. The van der Waals surface area contributed by atoms with Gasteiger partial charge in [0.15, 0.2) is 0 Å². The van der Waals surface area contributed by atoms with Gasteiger partial charge in [-0.2, -0.15) is 0 Å². The molecule has 1 aliphatic carbocycles. The number of benzene rings is 1. The van der Waals surface area contributed by atoms with Crippen molar-refractivity contribution in [2.24, 2.45) is 0 Å². The molecule has 1 saturated carbocycles. The molecule has 0 aromatic heterocycles. The fraction of sp³-hybridized carbons (Fsp3) is 0.500. The molecule has 1 aromatic rings. The van der Waals surface area contributed by atoms with Gasteiger partial charge in [0.1, 0.15) is 5.82 Å². The highest BCUT2D eigenvalue weighted by Gasteiger charge is 2.21. The Morgan fingerprint density at radius 3 is 2.60 bits per heavy atom. The van der Waals surface area contributed by atoms with Gasteiger partial charge in [-0.3, -0.25) is 0 Å². The van der Waals surface area contributed by atoms with Crippen molar-refractivity contribution in [3.63, 3.8) is 0 Å². The van der Waals surface area contributed by atoms with Gasteiger partial charge in [-0.1, -0.05) is 28.8 Å². The molecule has 1 nitrogen and oxygen atoms in total. The van der Waals surface area contributed by atoms with Gasteiger partial charge in [0.25, 0.3) is 0 Å². The predicted molar refractivity (Wildman–Crippen MR) is 64.8 cm³/mol. The molecule has 3 heteroatoms. The van der Waals surface area contributed by atoms with Crippen LogP contribution in [0.25, 0.3) is 0 Å². The predicted octanol–water partition coefficient (Wildman–Crippen LogP) is 3.97. The third kappa shape index (κ3) is 2.33. The Balaban J connectivity index is 2.20. The second-order valence-electron chi connectivity index (χ2n) is 4.14. The first-order chi connectivity index (χ1) is 7.18. The Morgan fingerprint density at radius 2 is 2.00 bits per heavy atom. The highest BCUT2D eigenvalue weighted by atomic mass is 79.9. The van der Waals surface area contributed by atoms with E-state index in [2.05, 4.69) is 20.8 Å². The zero-order valence-electron chi connectivity index (χ0n) is 8.84. The number of halogens is 2. The molecule has 0 amide bonds. The highest BCUT2D eigenvalue weighted by Crippen LogP contribution is 2.29. The van der Waals surface area contributed by atoms with Crippen LogP contribution in [0.3, 0.4) is 0 Å². The standard InChI is InChI=1S/C12H15BrFN/c1-15(10-4-2-3-5-10)12-7-6-9(13)8-11(12)14/h6-8,10H,2-5H2,1H3. The summed E-state index contributed by atoms with van der Waals surface area (Å²) in [5.41, 5.74) is 0.713. The van der Waals surface area contributed by atoms with Gasteiger partial charge in [-0.05, 0) is 31.0 Å². The van der Waals surface area contributed by atoms with Crippen molar-refractivity contribution >= 4 is 21.6 Å². The van der Waals surface area contributed by atoms with Crippen LogP contribution in [0.15, 0.2) is 22.7 Å². The summed E-state index contributed by atoms with van der Waals surface area (Å²) in [6.07, 6.45) is 4.91. The maximum absolute atomic E-state index is 13.7. The van der Waals surface area contributed by atoms with E-state index in [1.807, 2.05) is 19.2 Å². The number of hydrogen-bond donors (Lipinski definition) is 0. The Labute approximate surface area is 98.4 Å². The van der Waals surface area contributed by atoms with Gasteiger partial charge in [-0.25, -0.2) is 4.39 Å². The Bertz CT molecular complexity index is 347. The smallest absolute Gasteiger partial charge is 0.147 e. The molecule has 0 N–H and O–H groups in total. The second kappa shape index (κ2) is 4.52. The molecule has 0 aliphatic heterocycles. The van der Waals surface area contributed by atoms with E-state index >= 15 is 0 Å². The van der Waals surface area contributed by atoms with Crippen LogP contribution in [0, 0.1) is 5.82 Å². The van der Waals surface area contributed by atoms with E-state index < -0.39 is 0 Å². The van der Waals surface area contributed by atoms with Crippen LogP contribution >= 0.6 is 15.9 Å². The first-order valence-electron chi connectivity index (χ1n) is 5.36. The summed E-state index contributed by atoms with van der Waals surface area (Å²) in [5, 5.41) is 0. The summed E-state index contributed by atoms with van der Waals surface area (Å²) in [4.78, 5) is 2.08. The van der Waals surface area contributed by atoms with E-state index in [0.29, 0.717) is 11.7 Å². The molecular formula is C12H15BrFN. The monoisotopic (exact) mass is 271 g/mol. The second-order valence-corrected chi connectivity index (χ2v) is 5.06. The molecule has 0 radical (unpaired) electrons. The molecule has 15 heavy (non-hydrogen) atoms. The third-order valence-corrected chi connectivity index (χ3v) is 3.66. The van der Waals surface area contributed by atoms with Crippen LogP contribution < -0.4 is 4.90 Å².